The highest BCUT2D eigenvalue weighted by Crippen LogP contribution is 2.32. The molecule has 1 amide bonds. The summed E-state index contributed by atoms with van der Waals surface area (Å²) in [7, 11) is 0. The monoisotopic (exact) mass is 542 g/mol. The van der Waals surface area contributed by atoms with Gasteiger partial charge in [-0.15, -0.1) is 0 Å². The fourth-order valence-corrected chi connectivity index (χ4v) is 5.87. The molecule has 2 fully saturated rings. The van der Waals surface area contributed by atoms with Crippen LogP contribution in [-0.4, -0.2) is 58.7 Å². The second kappa shape index (κ2) is 11.5. The Labute approximate surface area is 225 Å². The summed E-state index contributed by atoms with van der Waals surface area (Å²) in [6, 6.07) is 9.66. The van der Waals surface area contributed by atoms with Crippen molar-refractivity contribution in [2.45, 2.75) is 57.4 Å². The molecule has 2 atom stereocenters. The number of aromatic nitrogens is 2. The Morgan fingerprint density at radius 3 is 2.64 bits per heavy atom. The van der Waals surface area contributed by atoms with Crippen LogP contribution in [0.5, 0.6) is 0 Å². The summed E-state index contributed by atoms with van der Waals surface area (Å²) in [6.45, 7) is 4.32. The van der Waals surface area contributed by atoms with E-state index < -0.39 is 17.3 Å². The number of benzene rings is 1. The molecule has 0 aliphatic carbocycles. The maximum Gasteiger partial charge on any atom is 0.416 e. The first-order valence-corrected chi connectivity index (χ1v) is 13.4. The van der Waals surface area contributed by atoms with E-state index in [9.17, 15) is 22.8 Å². The van der Waals surface area contributed by atoms with Gasteiger partial charge in [0.05, 0.1) is 5.56 Å². The van der Waals surface area contributed by atoms with Gasteiger partial charge >= 0.3 is 6.18 Å². The quantitative estimate of drug-likeness (QED) is 0.490. The number of pyridine rings is 2. The number of amides is 1. The summed E-state index contributed by atoms with van der Waals surface area (Å²) >= 11 is 0. The van der Waals surface area contributed by atoms with Crippen LogP contribution in [0.4, 0.5) is 13.2 Å². The van der Waals surface area contributed by atoms with Gasteiger partial charge < -0.3 is 14.6 Å². The van der Waals surface area contributed by atoms with Crippen molar-refractivity contribution in [2.75, 3.05) is 26.3 Å². The van der Waals surface area contributed by atoms with Crippen molar-refractivity contribution in [3.8, 4) is 0 Å². The normalized spacial score (nSPS) is 20.9. The predicted molar refractivity (Wildman–Crippen MR) is 141 cm³/mol. The summed E-state index contributed by atoms with van der Waals surface area (Å²) < 4.78 is 46.8. The summed E-state index contributed by atoms with van der Waals surface area (Å²) in [4.78, 5) is 33.1. The lowest BCUT2D eigenvalue weighted by molar-refractivity contribution is -0.137. The zero-order chi connectivity index (χ0) is 27.6. The average molecular weight is 543 g/mol. The molecule has 1 aromatic carbocycles. The number of nitrogens with zero attached hydrogens (tertiary/aromatic N) is 3. The Balaban J connectivity index is 1.31. The number of halogens is 3. The zero-order valence-electron chi connectivity index (χ0n) is 21.9. The van der Waals surface area contributed by atoms with Crippen molar-refractivity contribution in [2.24, 2.45) is 5.92 Å². The molecule has 1 unspecified atom stereocenters. The van der Waals surface area contributed by atoms with Gasteiger partial charge in [-0.3, -0.25) is 19.5 Å². The SMILES string of the molecule is Cc1cc(C(F)(F)F)cc2c(=O)n(CC(=O)NC3CN(C4CCOCC4)C[C@@H]3CCc3ccccn3)ccc12. The second-order valence-corrected chi connectivity index (χ2v) is 10.6. The molecule has 0 radical (unpaired) electrons. The number of fused-ring (bicyclic) bond motifs is 1. The maximum absolute atomic E-state index is 13.4. The largest absolute Gasteiger partial charge is 0.416 e. The Kier molecular flexibility index (Phi) is 8.04. The Morgan fingerprint density at radius 1 is 1.13 bits per heavy atom. The molecule has 39 heavy (non-hydrogen) atoms. The topological polar surface area (TPSA) is 76.5 Å². The van der Waals surface area contributed by atoms with Gasteiger partial charge in [0.25, 0.3) is 5.56 Å². The van der Waals surface area contributed by atoms with Gasteiger partial charge in [0.1, 0.15) is 6.54 Å². The van der Waals surface area contributed by atoms with Crippen LogP contribution in [0, 0.1) is 12.8 Å². The first-order chi connectivity index (χ1) is 18.7. The van der Waals surface area contributed by atoms with E-state index in [4.69, 9.17) is 4.74 Å². The minimum atomic E-state index is -4.56. The molecule has 10 heteroatoms. The minimum Gasteiger partial charge on any atom is -0.381 e. The van der Waals surface area contributed by atoms with Crippen molar-refractivity contribution in [1.82, 2.24) is 19.8 Å². The third-order valence-corrected chi connectivity index (χ3v) is 7.96. The van der Waals surface area contributed by atoms with E-state index in [0.29, 0.717) is 23.5 Å². The number of nitrogens with one attached hydrogen (secondary N) is 1. The fourth-order valence-electron chi connectivity index (χ4n) is 5.87. The van der Waals surface area contributed by atoms with Crippen LogP contribution in [0.3, 0.4) is 0 Å². The molecule has 7 nitrogen and oxygen atoms in total. The van der Waals surface area contributed by atoms with E-state index >= 15 is 0 Å². The van der Waals surface area contributed by atoms with Crippen molar-refractivity contribution >= 4 is 16.7 Å². The molecule has 2 aromatic heterocycles. The Bertz CT molecular complexity index is 1370. The van der Waals surface area contributed by atoms with Crippen molar-refractivity contribution in [1.29, 1.82) is 0 Å². The van der Waals surface area contributed by atoms with Gasteiger partial charge in [0.2, 0.25) is 5.91 Å². The van der Waals surface area contributed by atoms with Gasteiger partial charge in [0.15, 0.2) is 0 Å². The van der Waals surface area contributed by atoms with Crippen LogP contribution in [0.15, 0.2) is 53.6 Å². The molecular weight excluding hydrogens is 509 g/mol. The van der Waals surface area contributed by atoms with E-state index in [1.54, 1.807) is 19.2 Å². The first-order valence-electron chi connectivity index (χ1n) is 13.4. The van der Waals surface area contributed by atoms with E-state index in [-0.39, 0.29) is 29.8 Å². The maximum atomic E-state index is 13.4. The zero-order valence-corrected chi connectivity index (χ0v) is 21.9. The molecule has 2 aliphatic heterocycles. The van der Waals surface area contributed by atoms with E-state index in [0.717, 1.165) is 63.3 Å². The van der Waals surface area contributed by atoms with E-state index in [1.807, 2.05) is 18.2 Å². The van der Waals surface area contributed by atoms with Crippen LogP contribution in [0.1, 0.15) is 36.1 Å². The smallest absolute Gasteiger partial charge is 0.381 e. The van der Waals surface area contributed by atoms with Gasteiger partial charge in [-0.25, -0.2) is 0 Å². The highest BCUT2D eigenvalue weighted by molar-refractivity contribution is 5.86. The molecule has 1 N–H and O–H groups in total. The van der Waals surface area contributed by atoms with Crippen LogP contribution in [-0.2, 0) is 28.7 Å². The first kappa shape index (κ1) is 27.3. The van der Waals surface area contributed by atoms with Crippen molar-refractivity contribution in [3.63, 3.8) is 0 Å². The van der Waals surface area contributed by atoms with Crippen LogP contribution in [0.25, 0.3) is 10.8 Å². The molecule has 0 spiro atoms. The predicted octanol–water partition coefficient (Wildman–Crippen LogP) is 3.95. The van der Waals surface area contributed by atoms with Gasteiger partial charge in [-0.2, -0.15) is 13.2 Å². The average Bonchev–Trinajstić information content (AvgIpc) is 3.32. The number of rotatable bonds is 7. The van der Waals surface area contributed by atoms with Crippen molar-refractivity contribution in [3.05, 3.63) is 76.0 Å². The Morgan fingerprint density at radius 2 is 1.92 bits per heavy atom. The van der Waals surface area contributed by atoms with Gasteiger partial charge in [-0.05, 0) is 79.8 Å². The highest BCUT2D eigenvalue weighted by Gasteiger charge is 2.37. The lowest BCUT2D eigenvalue weighted by Crippen LogP contribution is -2.44. The molecule has 3 aromatic rings. The third-order valence-electron chi connectivity index (χ3n) is 7.96. The molecule has 4 heterocycles. The molecular formula is C29H33F3N4O3. The third kappa shape index (κ3) is 6.33. The van der Waals surface area contributed by atoms with Crippen LogP contribution < -0.4 is 10.9 Å². The number of aryl methyl sites for hydroxylation is 2. The summed E-state index contributed by atoms with van der Waals surface area (Å²) in [5.41, 5.74) is -0.118. The Hall–Kier alpha value is -3.24. The summed E-state index contributed by atoms with van der Waals surface area (Å²) in [5.74, 6) is -0.120. The van der Waals surface area contributed by atoms with Gasteiger partial charge in [-0.1, -0.05) is 6.07 Å². The van der Waals surface area contributed by atoms with Gasteiger partial charge in [0, 0.05) is 61.9 Å². The number of carbonyl (C=O) groups is 1. The summed E-state index contributed by atoms with van der Waals surface area (Å²) in [6.07, 6.45) is 2.26. The molecule has 0 bridgehead atoms. The molecule has 0 saturated carbocycles. The molecule has 208 valence electrons. The number of likely N-dealkylation sites (tertiary alicyclic amines) is 1. The highest BCUT2D eigenvalue weighted by atomic mass is 19.4. The fraction of sp³-hybridized carbons (Fsp3) is 0.483. The van der Waals surface area contributed by atoms with Crippen LogP contribution in [0.2, 0.25) is 0 Å². The van der Waals surface area contributed by atoms with Crippen molar-refractivity contribution < 1.29 is 22.7 Å². The number of alkyl halides is 3. The number of hydrogen-bond donors (Lipinski definition) is 1. The lowest BCUT2D eigenvalue weighted by Gasteiger charge is -2.31. The van der Waals surface area contributed by atoms with E-state index in [2.05, 4.69) is 15.2 Å². The molecule has 2 saturated heterocycles. The standard InChI is InChI=1S/C29H33F3N4O3/c1-19-14-21(29(30,31)32)15-25-24(19)7-11-35(28(25)38)18-27(37)34-26-17-36(23-8-12-39-13-9-23)16-20(26)5-6-22-4-2-3-10-33-22/h2-4,7,10-11,14-15,20,23,26H,5-6,8-9,12-13,16-18H2,1H3,(H,34,37)/t20-,26?/m0/s1. The summed E-state index contributed by atoms with van der Waals surface area (Å²) in [5, 5.41) is 3.54. The number of carbonyl (C=O) groups excluding carboxylic acids is 1. The number of hydrogen-bond acceptors (Lipinski definition) is 5. The molecule has 5 rings (SSSR count). The second-order valence-electron chi connectivity index (χ2n) is 10.6. The van der Waals surface area contributed by atoms with E-state index in [1.165, 1.54) is 10.8 Å². The molecule has 2 aliphatic rings. The number of ether oxygens (including phenoxy) is 1. The lowest BCUT2D eigenvalue weighted by atomic mass is 9.96. The van der Waals surface area contributed by atoms with Crippen LogP contribution >= 0.6 is 0 Å². The minimum absolute atomic E-state index is 0.0441.